The summed E-state index contributed by atoms with van der Waals surface area (Å²) in [6, 6.07) is 11.4. The van der Waals surface area contributed by atoms with E-state index in [1.54, 1.807) is 30.7 Å². The zero-order valence-corrected chi connectivity index (χ0v) is 24.4. The largest absolute Gasteiger partial charge is 0.382 e. The second-order valence-corrected chi connectivity index (χ2v) is 11.2. The molecule has 3 aromatic heterocycles. The van der Waals surface area contributed by atoms with Crippen molar-refractivity contribution in [3.8, 4) is 22.6 Å². The third kappa shape index (κ3) is 7.03. The lowest BCUT2D eigenvalue weighted by Crippen LogP contribution is -2.50. The third-order valence-electron chi connectivity index (χ3n) is 8.05. The van der Waals surface area contributed by atoms with Crippen LogP contribution in [-0.4, -0.2) is 76.5 Å². The first-order chi connectivity index (χ1) is 21.8. The van der Waals surface area contributed by atoms with E-state index in [2.05, 4.69) is 35.3 Å². The SMILES string of the molecule is Nc1nccc(-c2c(-c3ccc(F)cc3)ncn2CCNC2CCN(CC(O)(Cn3cncn3)c3ccc(F)cc3F)CC2)n1. The molecule has 4 heterocycles. The Balaban J connectivity index is 1.10. The summed E-state index contributed by atoms with van der Waals surface area (Å²) in [5, 5.41) is 19.4. The molecular formula is C31H33F3N10O. The zero-order chi connectivity index (χ0) is 31.4. The van der Waals surface area contributed by atoms with Gasteiger partial charge in [-0.15, -0.1) is 0 Å². The van der Waals surface area contributed by atoms with Gasteiger partial charge in [0.2, 0.25) is 5.95 Å². The van der Waals surface area contributed by atoms with Crippen LogP contribution in [0.25, 0.3) is 22.6 Å². The predicted molar refractivity (Wildman–Crippen MR) is 161 cm³/mol. The fraction of sp³-hybridized carbons (Fsp3) is 0.323. The van der Waals surface area contributed by atoms with Gasteiger partial charge in [-0.2, -0.15) is 5.10 Å². The minimum Gasteiger partial charge on any atom is -0.382 e. The highest BCUT2D eigenvalue weighted by molar-refractivity contribution is 5.77. The number of likely N-dealkylation sites (tertiary alicyclic amines) is 1. The van der Waals surface area contributed by atoms with Crippen LogP contribution in [0.4, 0.5) is 19.1 Å². The van der Waals surface area contributed by atoms with Crippen LogP contribution in [-0.2, 0) is 18.7 Å². The molecule has 4 N–H and O–H groups in total. The van der Waals surface area contributed by atoms with Gasteiger partial charge in [0.15, 0.2) is 0 Å². The van der Waals surface area contributed by atoms with Gasteiger partial charge in [-0.1, -0.05) is 6.07 Å². The number of nitrogens with zero attached hydrogens (tertiary/aromatic N) is 8. The molecule has 45 heavy (non-hydrogen) atoms. The van der Waals surface area contributed by atoms with Crippen LogP contribution >= 0.6 is 0 Å². The summed E-state index contributed by atoms with van der Waals surface area (Å²) in [5.74, 6) is -1.70. The number of nitrogens with one attached hydrogen (secondary N) is 1. The summed E-state index contributed by atoms with van der Waals surface area (Å²) < 4.78 is 45.5. The van der Waals surface area contributed by atoms with Gasteiger partial charge >= 0.3 is 0 Å². The Kier molecular flexibility index (Phi) is 8.87. The van der Waals surface area contributed by atoms with E-state index < -0.39 is 17.2 Å². The molecule has 1 fully saturated rings. The van der Waals surface area contributed by atoms with E-state index in [0.717, 1.165) is 36.2 Å². The number of nitrogens with two attached hydrogens (primary N) is 1. The molecule has 6 rings (SSSR count). The molecule has 0 radical (unpaired) electrons. The monoisotopic (exact) mass is 618 g/mol. The summed E-state index contributed by atoms with van der Waals surface area (Å²) in [6.07, 6.45) is 7.75. The summed E-state index contributed by atoms with van der Waals surface area (Å²) in [5.41, 5.74) is 7.04. The number of hydrogen-bond acceptors (Lipinski definition) is 9. The molecule has 0 spiro atoms. The molecule has 1 aliphatic heterocycles. The van der Waals surface area contributed by atoms with Crippen molar-refractivity contribution in [2.24, 2.45) is 0 Å². The van der Waals surface area contributed by atoms with Gasteiger partial charge < -0.3 is 20.7 Å². The Bertz CT molecular complexity index is 1720. The van der Waals surface area contributed by atoms with Crippen LogP contribution < -0.4 is 11.1 Å². The number of anilines is 1. The van der Waals surface area contributed by atoms with E-state index in [4.69, 9.17) is 5.73 Å². The fourth-order valence-corrected chi connectivity index (χ4v) is 5.87. The lowest BCUT2D eigenvalue weighted by atomic mass is 9.91. The molecule has 2 aromatic carbocycles. The van der Waals surface area contributed by atoms with E-state index in [1.165, 1.54) is 35.5 Å². The third-order valence-corrected chi connectivity index (χ3v) is 8.05. The first-order valence-corrected chi connectivity index (χ1v) is 14.6. The topological polar surface area (TPSA) is 136 Å². The number of halogens is 3. The lowest BCUT2D eigenvalue weighted by Gasteiger charge is -2.38. The second kappa shape index (κ2) is 13.1. The highest BCUT2D eigenvalue weighted by Crippen LogP contribution is 2.31. The minimum absolute atomic E-state index is 0.0150. The number of rotatable bonds is 11. The molecule has 5 aromatic rings. The molecule has 1 aliphatic rings. The standard InChI is InChI=1S/C31H33F3N10O/c32-22-3-1-21(2-4-22)28-29(27-7-10-38-30(35)41-27)43(20-39-28)14-11-37-24-8-12-42(13-9-24)16-31(45,17-44-19-36-18-40-44)25-6-5-23(33)15-26(25)34/h1-7,10,15,18-20,24,37,45H,8-9,11-14,16-17H2,(H2,35,38,41). The van der Waals surface area contributed by atoms with Crippen LogP contribution in [0.3, 0.4) is 0 Å². The van der Waals surface area contributed by atoms with Crippen LogP contribution in [0.2, 0.25) is 0 Å². The Morgan fingerprint density at radius 2 is 1.73 bits per heavy atom. The molecule has 11 nitrogen and oxygen atoms in total. The van der Waals surface area contributed by atoms with Gasteiger partial charge in [-0.05, 0) is 62.3 Å². The smallest absolute Gasteiger partial charge is 0.220 e. The maximum Gasteiger partial charge on any atom is 0.220 e. The number of aromatic nitrogens is 7. The van der Waals surface area contributed by atoms with E-state index in [1.807, 2.05) is 4.57 Å². The minimum atomic E-state index is -1.64. The Hall–Kier alpha value is -4.66. The van der Waals surface area contributed by atoms with Crippen molar-refractivity contribution in [2.45, 2.75) is 37.6 Å². The van der Waals surface area contributed by atoms with Gasteiger partial charge in [0, 0.05) is 49.1 Å². The van der Waals surface area contributed by atoms with Gasteiger partial charge in [-0.3, -0.25) is 4.90 Å². The van der Waals surface area contributed by atoms with Crippen molar-refractivity contribution in [2.75, 3.05) is 31.9 Å². The van der Waals surface area contributed by atoms with E-state index in [-0.39, 0.29) is 36.5 Å². The average Bonchev–Trinajstić information content (AvgIpc) is 3.68. The Morgan fingerprint density at radius 3 is 2.44 bits per heavy atom. The van der Waals surface area contributed by atoms with E-state index >= 15 is 0 Å². The number of imidazole rings is 1. The van der Waals surface area contributed by atoms with Crippen LogP contribution in [0, 0.1) is 17.5 Å². The van der Waals surface area contributed by atoms with Crippen molar-refractivity contribution < 1.29 is 18.3 Å². The number of β-amino-alcohol motifs (C(OH)–C–C–N with tert-alkyl or cyclic N) is 1. The van der Waals surface area contributed by atoms with Crippen molar-refractivity contribution in [1.29, 1.82) is 0 Å². The first-order valence-electron chi connectivity index (χ1n) is 14.6. The number of nitrogen functional groups attached to an aromatic ring is 1. The molecule has 0 bridgehead atoms. The summed E-state index contributed by atoms with van der Waals surface area (Å²) in [7, 11) is 0. The number of aliphatic hydroxyl groups is 1. The van der Waals surface area contributed by atoms with Gasteiger partial charge in [0.25, 0.3) is 0 Å². The van der Waals surface area contributed by atoms with Gasteiger partial charge in [0.1, 0.15) is 35.7 Å². The molecule has 0 saturated carbocycles. The first kappa shape index (κ1) is 30.4. The second-order valence-electron chi connectivity index (χ2n) is 11.2. The average molecular weight is 619 g/mol. The molecule has 1 atom stereocenters. The predicted octanol–water partition coefficient (Wildman–Crippen LogP) is 3.24. The Labute approximate surface area is 257 Å². The molecule has 0 amide bonds. The van der Waals surface area contributed by atoms with Crippen LogP contribution in [0.5, 0.6) is 0 Å². The lowest BCUT2D eigenvalue weighted by molar-refractivity contribution is -0.0272. The fourth-order valence-electron chi connectivity index (χ4n) is 5.87. The van der Waals surface area contributed by atoms with Crippen LogP contribution in [0.15, 0.2) is 73.7 Å². The number of hydrogen-bond donors (Lipinski definition) is 3. The Morgan fingerprint density at radius 1 is 0.956 bits per heavy atom. The maximum atomic E-state index is 14.8. The highest BCUT2D eigenvalue weighted by Gasteiger charge is 2.36. The number of piperidine rings is 1. The molecular weight excluding hydrogens is 585 g/mol. The van der Waals surface area contributed by atoms with Crippen molar-refractivity contribution >= 4 is 5.95 Å². The maximum absolute atomic E-state index is 14.8. The summed E-state index contributed by atoms with van der Waals surface area (Å²) >= 11 is 0. The summed E-state index contributed by atoms with van der Waals surface area (Å²) in [4.78, 5) is 19.0. The molecule has 0 aliphatic carbocycles. The normalized spacial score (nSPS) is 15.7. The molecule has 1 saturated heterocycles. The van der Waals surface area contributed by atoms with Crippen molar-refractivity contribution in [1.82, 2.24) is 44.5 Å². The zero-order valence-electron chi connectivity index (χ0n) is 24.4. The van der Waals surface area contributed by atoms with Crippen molar-refractivity contribution in [3.63, 3.8) is 0 Å². The number of benzene rings is 2. The quantitative estimate of drug-likeness (QED) is 0.204. The van der Waals surface area contributed by atoms with Crippen molar-refractivity contribution in [3.05, 3.63) is 96.7 Å². The van der Waals surface area contributed by atoms with Gasteiger partial charge in [0.05, 0.1) is 30.0 Å². The molecule has 234 valence electrons. The van der Waals surface area contributed by atoms with E-state index in [0.29, 0.717) is 37.6 Å². The molecule has 1 unspecified atom stereocenters. The van der Waals surface area contributed by atoms with Crippen LogP contribution in [0.1, 0.15) is 18.4 Å². The summed E-state index contributed by atoms with van der Waals surface area (Å²) in [6.45, 7) is 2.70. The van der Waals surface area contributed by atoms with E-state index in [9.17, 15) is 18.3 Å². The molecule has 14 heteroatoms. The van der Waals surface area contributed by atoms with Gasteiger partial charge in [-0.25, -0.2) is 37.8 Å². The highest BCUT2D eigenvalue weighted by atomic mass is 19.1.